The van der Waals surface area contributed by atoms with Gasteiger partial charge in [-0.1, -0.05) is 12.1 Å². The minimum Gasteiger partial charge on any atom is -0.508 e. The summed E-state index contributed by atoms with van der Waals surface area (Å²) in [6, 6.07) is 12.8. The van der Waals surface area contributed by atoms with Crippen LogP contribution in [0.1, 0.15) is 16.8 Å². The van der Waals surface area contributed by atoms with Crippen molar-refractivity contribution in [2.24, 2.45) is 0 Å². The number of pyridine rings is 1. The number of anilines is 1. The third-order valence-corrected chi connectivity index (χ3v) is 2.80. The number of aryl methyl sites for hydroxylation is 1. The lowest BCUT2D eigenvalue weighted by molar-refractivity contribution is 0.475. The summed E-state index contributed by atoms with van der Waals surface area (Å²) in [4.78, 5) is 4.32. The van der Waals surface area contributed by atoms with Crippen LogP contribution < -0.4 is 5.32 Å². The minimum absolute atomic E-state index is 0.267. The standard InChI is InChI=1S/C15H15N3O/c1-11-2-5-13(10-16)15(18-11)17-9-8-12-3-6-14(19)7-4-12/h2-7,19H,8-9H2,1H3,(H,17,18). The third kappa shape index (κ3) is 3.46. The predicted molar refractivity (Wildman–Crippen MR) is 74.0 cm³/mol. The molecule has 0 aliphatic heterocycles. The molecule has 0 aliphatic rings. The van der Waals surface area contributed by atoms with E-state index in [0.717, 1.165) is 17.7 Å². The van der Waals surface area contributed by atoms with E-state index in [1.807, 2.05) is 25.1 Å². The second-order valence-electron chi connectivity index (χ2n) is 4.30. The minimum atomic E-state index is 0.267. The van der Waals surface area contributed by atoms with Gasteiger partial charge in [-0.25, -0.2) is 4.98 Å². The van der Waals surface area contributed by atoms with Crippen LogP contribution in [0.4, 0.5) is 5.82 Å². The van der Waals surface area contributed by atoms with Gasteiger partial charge in [-0.15, -0.1) is 0 Å². The van der Waals surface area contributed by atoms with Crippen LogP contribution in [0.25, 0.3) is 0 Å². The van der Waals surface area contributed by atoms with E-state index in [1.165, 1.54) is 0 Å². The molecule has 0 atom stereocenters. The number of nitriles is 1. The van der Waals surface area contributed by atoms with Crippen LogP contribution >= 0.6 is 0 Å². The normalized spacial score (nSPS) is 9.89. The van der Waals surface area contributed by atoms with Gasteiger partial charge in [0.1, 0.15) is 17.6 Å². The highest BCUT2D eigenvalue weighted by molar-refractivity contribution is 5.52. The second kappa shape index (κ2) is 5.87. The number of hydrogen-bond donors (Lipinski definition) is 2. The van der Waals surface area contributed by atoms with Gasteiger partial charge in [0.15, 0.2) is 0 Å². The van der Waals surface area contributed by atoms with E-state index in [4.69, 9.17) is 5.26 Å². The van der Waals surface area contributed by atoms with Crippen LogP contribution in [0.15, 0.2) is 36.4 Å². The average Bonchev–Trinajstić information content (AvgIpc) is 2.41. The fraction of sp³-hybridized carbons (Fsp3) is 0.200. The molecule has 2 rings (SSSR count). The summed E-state index contributed by atoms with van der Waals surface area (Å²) < 4.78 is 0. The summed E-state index contributed by atoms with van der Waals surface area (Å²) in [7, 11) is 0. The molecule has 1 heterocycles. The highest BCUT2D eigenvalue weighted by Crippen LogP contribution is 2.13. The molecule has 0 spiro atoms. The molecule has 1 aromatic carbocycles. The van der Waals surface area contributed by atoms with E-state index in [9.17, 15) is 5.11 Å². The van der Waals surface area contributed by atoms with Crippen LogP contribution in [0.5, 0.6) is 5.75 Å². The van der Waals surface area contributed by atoms with Crippen molar-refractivity contribution in [1.29, 1.82) is 5.26 Å². The monoisotopic (exact) mass is 253 g/mol. The molecule has 1 aromatic heterocycles. The van der Waals surface area contributed by atoms with E-state index >= 15 is 0 Å². The molecule has 0 aliphatic carbocycles. The van der Waals surface area contributed by atoms with Crippen molar-refractivity contribution in [1.82, 2.24) is 4.98 Å². The molecular formula is C15H15N3O. The topological polar surface area (TPSA) is 68.9 Å². The molecule has 2 N–H and O–H groups in total. The highest BCUT2D eigenvalue weighted by atomic mass is 16.3. The molecule has 0 amide bonds. The first-order chi connectivity index (χ1) is 9.19. The molecule has 0 bridgehead atoms. The molecule has 0 radical (unpaired) electrons. The highest BCUT2D eigenvalue weighted by Gasteiger charge is 2.03. The first-order valence-corrected chi connectivity index (χ1v) is 6.08. The number of nitrogens with one attached hydrogen (secondary N) is 1. The molecule has 19 heavy (non-hydrogen) atoms. The van der Waals surface area contributed by atoms with Crippen molar-refractivity contribution < 1.29 is 5.11 Å². The van der Waals surface area contributed by atoms with Crippen LogP contribution in [0.3, 0.4) is 0 Å². The second-order valence-corrected chi connectivity index (χ2v) is 4.30. The Bertz CT molecular complexity index is 600. The zero-order valence-electron chi connectivity index (χ0n) is 10.7. The van der Waals surface area contributed by atoms with Crippen molar-refractivity contribution in [3.63, 3.8) is 0 Å². The lowest BCUT2D eigenvalue weighted by Crippen LogP contribution is -2.08. The van der Waals surface area contributed by atoms with E-state index in [1.54, 1.807) is 18.2 Å². The van der Waals surface area contributed by atoms with Gasteiger partial charge in [0.05, 0.1) is 5.56 Å². The molecule has 4 nitrogen and oxygen atoms in total. The summed E-state index contributed by atoms with van der Waals surface area (Å²) >= 11 is 0. The van der Waals surface area contributed by atoms with Gasteiger partial charge in [0, 0.05) is 12.2 Å². The quantitative estimate of drug-likeness (QED) is 0.878. The number of nitrogens with zero attached hydrogens (tertiary/aromatic N) is 2. The summed E-state index contributed by atoms with van der Waals surface area (Å²) in [5, 5.41) is 21.4. The van der Waals surface area contributed by atoms with Gasteiger partial charge in [0.2, 0.25) is 0 Å². The number of rotatable bonds is 4. The fourth-order valence-corrected chi connectivity index (χ4v) is 1.77. The number of hydrogen-bond acceptors (Lipinski definition) is 4. The molecule has 4 heteroatoms. The molecule has 0 fully saturated rings. The van der Waals surface area contributed by atoms with Gasteiger partial charge in [-0.2, -0.15) is 5.26 Å². The maximum absolute atomic E-state index is 9.20. The van der Waals surface area contributed by atoms with Crippen molar-refractivity contribution in [3.05, 3.63) is 53.2 Å². The lowest BCUT2D eigenvalue weighted by Gasteiger charge is -2.08. The lowest BCUT2D eigenvalue weighted by atomic mass is 10.1. The van der Waals surface area contributed by atoms with Crippen LogP contribution in [0.2, 0.25) is 0 Å². The molecule has 0 saturated carbocycles. The van der Waals surface area contributed by atoms with Gasteiger partial charge < -0.3 is 10.4 Å². The maximum atomic E-state index is 9.20. The summed E-state index contributed by atoms with van der Waals surface area (Å²) in [6.07, 6.45) is 0.806. The van der Waals surface area contributed by atoms with Crippen LogP contribution in [-0.2, 0) is 6.42 Å². The molecule has 2 aromatic rings. The maximum Gasteiger partial charge on any atom is 0.144 e. The Morgan fingerprint density at radius 3 is 2.63 bits per heavy atom. The summed E-state index contributed by atoms with van der Waals surface area (Å²) in [6.45, 7) is 2.59. The van der Waals surface area contributed by atoms with Crippen LogP contribution in [-0.4, -0.2) is 16.6 Å². The Kier molecular flexibility index (Phi) is 3.99. The predicted octanol–water partition coefficient (Wildman–Crippen LogP) is 2.62. The van der Waals surface area contributed by atoms with Crippen molar-refractivity contribution in [3.8, 4) is 11.8 Å². The zero-order valence-corrected chi connectivity index (χ0v) is 10.7. The zero-order chi connectivity index (χ0) is 13.7. The van der Waals surface area contributed by atoms with Crippen molar-refractivity contribution >= 4 is 5.82 Å². The fourth-order valence-electron chi connectivity index (χ4n) is 1.77. The number of phenols is 1. The number of aromatic hydroxyl groups is 1. The van der Waals surface area contributed by atoms with Crippen LogP contribution in [0, 0.1) is 18.3 Å². The van der Waals surface area contributed by atoms with E-state index in [0.29, 0.717) is 17.9 Å². The van der Waals surface area contributed by atoms with E-state index in [2.05, 4.69) is 16.4 Å². The molecular weight excluding hydrogens is 238 g/mol. The summed E-state index contributed by atoms with van der Waals surface area (Å²) in [5.41, 5.74) is 2.55. The smallest absolute Gasteiger partial charge is 0.144 e. The van der Waals surface area contributed by atoms with E-state index in [-0.39, 0.29) is 5.75 Å². The Labute approximate surface area is 112 Å². The number of phenolic OH excluding ortho intramolecular Hbond substituents is 1. The Hall–Kier alpha value is -2.54. The largest absolute Gasteiger partial charge is 0.508 e. The molecule has 0 saturated heterocycles. The number of benzene rings is 1. The molecule has 0 unspecified atom stereocenters. The first-order valence-electron chi connectivity index (χ1n) is 6.08. The van der Waals surface area contributed by atoms with Gasteiger partial charge in [0.25, 0.3) is 0 Å². The SMILES string of the molecule is Cc1ccc(C#N)c(NCCc2ccc(O)cc2)n1. The first kappa shape index (κ1) is 12.9. The van der Waals surface area contributed by atoms with Gasteiger partial charge >= 0.3 is 0 Å². The van der Waals surface area contributed by atoms with E-state index < -0.39 is 0 Å². The number of aromatic nitrogens is 1. The Morgan fingerprint density at radius 2 is 1.95 bits per heavy atom. The summed E-state index contributed by atoms with van der Waals surface area (Å²) in [5.74, 6) is 0.894. The Balaban J connectivity index is 1.98. The average molecular weight is 253 g/mol. The van der Waals surface area contributed by atoms with Gasteiger partial charge in [-0.3, -0.25) is 0 Å². The van der Waals surface area contributed by atoms with Crippen molar-refractivity contribution in [2.45, 2.75) is 13.3 Å². The Morgan fingerprint density at radius 1 is 1.21 bits per heavy atom. The third-order valence-electron chi connectivity index (χ3n) is 2.80. The van der Waals surface area contributed by atoms with Crippen molar-refractivity contribution in [2.75, 3.05) is 11.9 Å². The van der Waals surface area contributed by atoms with Gasteiger partial charge in [-0.05, 0) is 43.2 Å². The molecule has 96 valence electrons.